The number of pyridine rings is 1. The minimum atomic E-state index is -1.20. The van der Waals surface area contributed by atoms with Gasteiger partial charge in [-0.3, -0.25) is 14.6 Å². The number of anilines is 1. The minimum absolute atomic E-state index is 0.000102. The summed E-state index contributed by atoms with van der Waals surface area (Å²) in [4.78, 5) is 31.8. The van der Waals surface area contributed by atoms with Gasteiger partial charge in [0.15, 0.2) is 5.69 Å². The highest BCUT2D eigenvalue weighted by atomic mass is 35.5. The summed E-state index contributed by atoms with van der Waals surface area (Å²) >= 11 is 6.19. The zero-order valence-corrected chi connectivity index (χ0v) is 21.1. The molecule has 2 amide bonds. The van der Waals surface area contributed by atoms with Crippen molar-refractivity contribution in [2.45, 2.75) is 18.6 Å². The smallest absolute Gasteiger partial charge is 0.274 e. The van der Waals surface area contributed by atoms with E-state index in [4.69, 9.17) is 17.3 Å². The summed E-state index contributed by atoms with van der Waals surface area (Å²) in [6.45, 7) is 0.198. The molecule has 5 rings (SSSR count). The number of benzene rings is 2. The zero-order valence-electron chi connectivity index (χ0n) is 20.3. The highest BCUT2D eigenvalue weighted by molar-refractivity contribution is 6.34. The van der Waals surface area contributed by atoms with Gasteiger partial charge in [-0.1, -0.05) is 29.8 Å². The number of hydrogen-bond acceptors (Lipinski definition) is 5. The molecule has 3 N–H and O–H groups in total. The number of nitrogens with one attached hydrogen (secondary N) is 1. The molecule has 1 fully saturated rings. The van der Waals surface area contributed by atoms with Crippen molar-refractivity contribution in [2.24, 2.45) is 5.73 Å². The van der Waals surface area contributed by atoms with E-state index in [-0.39, 0.29) is 52.9 Å². The van der Waals surface area contributed by atoms with Crippen LogP contribution in [-0.2, 0) is 0 Å². The molecule has 8 nitrogen and oxygen atoms in total. The van der Waals surface area contributed by atoms with Crippen LogP contribution in [0.5, 0.6) is 0 Å². The van der Waals surface area contributed by atoms with Crippen LogP contribution >= 0.6 is 11.6 Å². The van der Waals surface area contributed by atoms with E-state index in [0.717, 1.165) is 18.2 Å². The van der Waals surface area contributed by atoms with Gasteiger partial charge in [0.05, 0.1) is 22.3 Å². The third-order valence-electron chi connectivity index (χ3n) is 6.34. The lowest BCUT2D eigenvalue weighted by Crippen LogP contribution is -2.51. The Balaban J connectivity index is 1.49. The maximum Gasteiger partial charge on any atom is 0.274 e. The summed E-state index contributed by atoms with van der Waals surface area (Å²) in [6.07, 6.45) is 0.209. The van der Waals surface area contributed by atoms with Crippen molar-refractivity contribution in [2.75, 3.05) is 18.4 Å². The van der Waals surface area contributed by atoms with Crippen molar-refractivity contribution in [3.8, 4) is 16.9 Å². The van der Waals surface area contributed by atoms with Gasteiger partial charge in [-0.05, 0) is 42.8 Å². The Morgan fingerprint density at radius 2 is 1.82 bits per heavy atom. The second-order valence-corrected chi connectivity index (χ2v) is 9.39. The van der Waals surface area contributed by atoms with E-state index in [1.54, 1.807) is 30.3 Å². The Morgan fingerprint density at radius 1 is 1.05 bits per heavy atom. The fourth-order valence-corrected chi connectivity index (χ4v) is 4.55. The monoisotopic (exact) mass is 554 g/mol. The molecule has 1 aliphatic heterocycles. The standard InChI is InChI=1S/C27H22ClF3N6O2/c28-18-12-21(31)17(25-20(30)7-4-9-33-25)11-16(18)26(38)34-24-13-23(35-37(24)15-5-2-1-3-6-15)27(39)36-10-8-19(29)22(32)14-36/h1-7,9,11-13,19,22H,8,10,14,32H2,(H,34,38)/t19-,22+/m1/s1. The van der Waals surface area contributed by atoms with Crippen LogP contribution in [0.25, 0.3) is 16.9 Å². The lowest BCUT2D eigenvalue weighted by molar-refractivity contribution is 0.0623. The van der Waals surface area contributed by atoms with Gasteiger partial charge >= 0.3 is 0 Å². The average Bonchev–Trinajstić information content (AvgIpc) is 3.34. The topological polar surface area (TPSA) is 106 Å². The highest BCUT2D eigenvalue weighted by Crippen LogP contribution is 2.30. The Labute approximate surface area is 226 Å². The molecule has 2 atom stereocenters. The molecule has 0 saturated carbocycles. The maximum absolute atomic E-state index is 14.7. The van der Waals surface area contributed by atoms with E-state index in [0.29, 0.717) is 5.69 Å². The summed E-state index contributed by atoms with van der Waals surface area (Å²) in [6, 6.07) is 13.8. The first-order chi connectivity index (χ1) is 18.7. The predicted octanol–water partition coefficient (Wildman–Crippen LogP) is 4.63. The van der Waals surface area contributed by atoms with Crippen LogP contribution in [0.2, 0.25) is 5.02 Å². The van der Waals surface area contributed by atoms with Crippen LogP contribution < -0.4 is 11.1 Å². The Bertz CT molecular complexity index is 1550. The molecule has 2 aromatic carbocycles. The number of halogens is 4. The largest absolute Gasteiger partial charge is 0.335 e. The first-order valence-corrected chi connectivity index (χ1v) is 12.4. The van der Waals surface area contributed by atoms with Crippen LogP contribution in [0.15, 0.2) is 66.9 Å². The van der Waals surface area contributed by atoms with Crippen molar-refractivity contribution in [3.63, 3.8) is 0 Å². The molecule has 4 aromatic rings. The molecule has 39 heavy (non-hydrogen) atoms. The highest BCUT2D eigenvalue weighted by Gasteiger charge is 2.31. The number of likely N-dealkylation sites (tertiary alicyclic amines) is 1. The van der Waals surface area contributed by atoms with Gasteiger partial charge in [-0.2, -0.15) is 5.10 Å². The molecule has 2 aromatic heterocycles. The quantitative estimate of drug-likeness (QED) is 0.374. The van der Waals surface area contributed by atoms with Crippen LogP contribution in [0.4, 0.5) is 19.0 Å². The summed E-state index contributed by atoms with van der Waals surface area (Å²) in [7, 11) is 0. The van der Waals surface area contributed by atoms with E-state index >= 15 is 0 Å². The fourth-order valence-electron chi connectivity index (χ4n) is 4.31. The molecule has 0 aliphatic carbocycles. The van der Waals surface area contributed by atoms with E-state index in [9.17, 15) is 22.8 Å². The van der Waals surface area contributed by atoms with Gasteiger partial charge in [-0.15, -0.1) is 0 Å². The number of rotatable bonds is 5. The number of aromatic nitrogens is 3. The van der Waals surface area contributed by atoms with Gasteiger partial charge in [0.25, 0.3) is 11.8 Å². The van der Waals surface area contributed by atoms with E-state index in [1.807, 2.05) is 0 Å². The van der Waals surface area contributed by atoms with Crippen molar-refractivity contribution in [3.05, 3.63) is 94.8 Å². The fraction of sp³-hybridized carbons (Fsp3) is 0.185. The van der Waals surface area contributed by atoms with Crippen molar-refractivity contribution in [1.82, 2.24) is 19.7 Å². The predicted molar refractivity (Wildman–Crippen MR) is 140 cm³/mol. The first-order valence-electron chi connectivity index (χ1n) is 12.0. The number of piperidine rings is 1. The number of nitrogens with two attached hydrogens (primary N) is 1. The molecule has 0 unspecified atom stereocenters. The number of para-hydroxylation sites is 1. The van der Waals surface area contributed by atoms with Crippen LogP contribution in [0.1, 0.15) is 27.3 Å². The molecule has 12 heteroatoms. The van der Waals surface area contributed by atoms with Crippen LogP contribution in [0.3, 0.4) is 0 Å². The molecule has 0 spiro atoms. The second-order valence-electron chi connectivity index (χ2n) is 8.98. The van der Waals surface area contributed by atoms with Crippen molar-refractivity contribution >= 4 is 29.2 Å². The summed E-state index contributed by atoms with van der Waals surface area (Å²) in [5.41, 5.74) is 5.67. The van der Waals surface area contributed by atoms with E-state index in [1.165, 1.54) is 27.9 Å². The number of alkyl halides is 1. The van der Waals surface area contributed by atoms with Gasteiger partial charge < -0.3 is 16.0 Å². The molecule has 200 valence electrons. The summed E-state index contributed by atoms with van der Waals surface area (Å²) in [5.74, 6) is -2.74. The lowest BCUT2D eigenvalue weighted by atomic mass is 10.0. The third kappa shape index (κ3) is 5.36. The van der Waals surface area contributed by atoms with Crippen LogP contribution in [-0.4, -0.2) is 56.8 Å². The number of hydrogen-bond donors (Lipinski definition) is 2. The van der Waals surface area contributed by atoms with Gasteiger partial charge in [-0.25, -0.2) is 17.9 Å². The second kappa shape index (κ2) is 10.9. The molecule has 0 radical (unpaired) electrons. The molecule has 1 saturated heterocycles. The molecule has 0 bridgehead atoms. The van der Waals surface area contributed by atoms with Crippen LogP contribution in [0, 0.1) is 11.6 Å². The lowest BCUT2D eigenvalue weighted by Gasteiger charge is -2.32. The number of nitrogens with zero attached hydrogens (tertiary/aromatic N) is 4. The zero-order chi connectivity index (χ0) is 27.7. The number of carbonyl (C=O) groups is 2. The normalized spacial score (nSPS) is 17.2. The number of carbonyl (C=O) groups excluding carboxylic acids is 2. The molecule has 3 heterocycles. The van der Waals surface area contributed by atoms with Gasteiger partial charge in [0.2, 0.25) is 0 Å². The molecular formula is C27H22ClF3N6O2. The number of amides is 2. The Morgan fingerprint density at radius 3 is 2.54 bits per heavy atom. The van der Waals surface area contributed by atoms with Gasteiger partial charge in [0, 0.05) is 30.9 Å². The third-order valence-corrected chi connectivity index (χ3v) is 6.66. The Kier molecular flexibility index (Phi) is 7.36. The van der Waals surface area contributed by atoms with E-state index in [2.05, 4.69) is 15.4 Å². The molecule has 1 aliphatic rings. The average molecular weight is 555 g/mol. The summed E-state index contributed by atoms with van der Waals surface area (Å²) in [5, 5.41) is 6.83. The first kappa shape index (κ1) is 26.4. The maximum atomic E-state index is 14.7. The van der Waals surface area contributed by atoms with Crippen molar-refractivity contribution in [1.29, 1.82) is 0 Å². The molecular weight excluding hydrogens is 533 g/mol. The van der Waals surface area contributed by atoms with E-state index < -0.39 is 35.7 Å². The minimum Gasteiger partial charge on any atom is -0.335 e. The Hall–Kier alpha value is -4.22. The summed E-state index contributed by atoms with van der Waals surface area (Å²) < 4.78 is 44.2. The SMILES string of the molecule is N[C@H]1CN(C(=O)c2cc(NC(=O)c3cc(-c4ncccc4F)c(F)cc3Cl)n(-c3ccccc3)n2)CC[C@H]1F. The van der Waals surface area contributed by atoms with Crippen molar-refractivity contribution < 1.29 is 22.8 Å². The van der Waals surface area contributed by atoms with Gasteiger partial charge in [0.1, 0.15) is 29.3 Å².